The average molecular weight is 560 g/mol. The molecule has 0 heterocycles. The van der Waals surface area contributed by atoms with E-state index in [1.54, 1.807) is 48.5 Å². The summed E-state index contributed by atoms with van der Waals surface area (Å²) in [6.45, 7) is 2.84. The second-order valence-electron chi connectivity index (χ2n) is 8.47. The minimum Gasteiger partial charge on any atom is -0.490 e. The lowest BCUT2D eigenvalue weighted by molar-refractivity contribution is -0.384. The second-order valence-corrected chi connectivity index (χ2v) is 8.88. The third-order valence-corrected chi connectivity index (χ3v) is 5.92. The Balaban J connectivity index is 1.33. The van der Waals surface area contributed by atoms with Gasteiger partial charge in [-0.1, -0.05) is 41.9 Å². The molecule has 10 heteroatoms. The summed E-state index contributed by atoms with van der Waals surface area (Å²) in [5.41, 5.74) is 5.30. The number of nitro benzene ring substituents is 1. The fourth-order valence-corrected chi connectivity index (χ4v) is 3.84. The first-order valence-electron chi connectivity index (χ1n) is 12.4. The second kappa shape index (κ2) is 13.8. The number of benzene rings is 4. The minimum atomic E-state index is -0.457. The Morgan fingerprint density at radius 2 is 1.55 bits per heavy atom. The summed E-state index contributed by atoms with van der Waals surface area (Å²) >= 11 is 6.34. The van der Waals surface area contributed by atoms with Crippen LogP contribution in [0.2, 0.25) is 5.02 Å². The van der Waals surface area contributed by atoms with Crippen molar-refractivity contribution in [2.45, 2.75) is 20.1 Å². The van der Waals surface area contributed by atoms with Crippen molar-refractivity contribution in [1.29, 1.82) is 0 Å². The van der Waals surface area contributed by atoms with Gasteiger partial charge in [-0.2, -0.15) is 5.10 Å². The third kappa shape index (κ3) is 7.81. The van der Waals surface area contributed by atoms with E-state index in [4.69, 9.17) is 25.8 Å². The summed E-state index contributed by atoms with van der Waals surface area (Å²) < 4.78 is 17.3. The zero-order valence-electron chi connectivity index (χ0n) is 21.6. The van der Waals surface area contributed by atoms with Crippen molar-refractivity contribution in [3.8, 4) is 17.2 Å². The van der Waals surface area contributed by atoms with Crippen molar-refractivity contribution in [2.24, 2.45) is 5.10 Å². The summed E-state index contributed by atoms with van der Waals surface area (Å²) in [7, 11) is 0. The molecule has 0 saturated heterocycles. The van der Waals surface area contributed by atoms with Crippen molar-refractivity contribution in [3.63, 3.8) is 0 Å². The maximum atomic E-state index is 12.7. The van der Waals surface area contributed by atoms with E-state index in [1.807, 2.05) is 37.3 Å². The van der Waals surface area contributed by atoms with Crippen LogP contribution in [0.3, 0.4) is 0 Å². The van der Waals surface area contributed by atoms with Crippen molar-refractivity contribution in [1.82, 2.24) is 5.43 Å². The molecule has 0 atom stereocenters. The number of nitro groups is 1. The van der Waals surface area contributed by atoms with Crippen molar-refractivity contribution >= 4 is 29.4 Å². The Hall–Kier alpha value is -4.89. The maximum Gasteiger partial charge on any atom is 0.271 e. The van der Waals surface area contributed by atoms with E-state index in [1.165, 1.54) is 18.3 Å². The first-order chi connectivity index (χ1) is 19.4. The van der Waals surface area contributed by atoms with Crippen LogP contribution in [-0.4, -0.2) is 23.7 Å². The SMILES string of the molecule is CCOc1cc(C(=O)N/N=C/c2ccc(OCc3ccc([N+](=O)[O-])cc3)c(Cl)c2)ccc1OCc1ccccc1. The van der Waals surface area contributed by atoms with Gasteiger partial charge in [0.25, 0.3) is 11.6 Å². The number of nitrogens with one attached hydrogen (secondary N) is 1. The number of rotatable bonds is 12. The van der Waals surface area contributed by atoms with E-state index < -0.39 is 10.8 Å². The number of hydrogen-bond acceptors (Lipinski definition) is 7. The predicted molar refractivity (Wildman–Crippen MR) is 152 cm³/mol. The molecule has 0 fully saturated rings. The van der Waals surface area contributed by atoms with Gasteiger partial charge in [-0.3, -0.25) is 14.9 Å². The molecule has 1 amide bonds. The molecule has 0 bridgehead atoms. The lowest BCUT2D eigenvalue weighted by Gasteiger charge is -2.13. The molecule has 40 heavy (non-hydrogen) atoms. The van der Waals surface area contributed by atoms with Gasteiger partial charge in [0.1, 0.15) is 19.0 Å². The fourth-order valence-electron chi connectivity index (χ4n) is 3.59. The van der Waals surface area contributed by atoms with Crippen molar-refractivity contribution < 1.29 is 23.9 Å². The van der Waals surface area contributed by atoms with Crippen LogP contribution in [0.5, 0.6) is 17.2 Å². The number of amides is 1. The van der Waals surface area contributed by atoms with E-state index in [2.05, 4.69) is 10.5 Å². The highest BCUT2D eigenvalue weighted by molar-refractivity contribution is 6.32. The Kier molecular flexibility index (Phi) is 9.68. The van der Waals surface area contributed by atoms with E-state index in [0.29, 0.717) is 46.6 Å². The average Bonchev–Trinajstić information content (AvgIpc) is 2.97. The Bertz CT molecular complexity index is 1490. The molecule has 0 spiro atoms. The quantitative estimate of drug-likeness (QED) is 0.119. The van der Waals surface area contributed by atoms with Gasteiger partial charge in [0.2, 0.25) is 0 Å². The largest absolute Gasteiger partial charge is 0.490 e. The lowest BCUT2D eigenvalue weighted by atomic mass is 10.2. The number of carbonyl (C=O) groups is 1. The highest BCUT2D eigenvalue weighted by Gasteiger charge is 2.12. The maximum absolute atomic E-state index is 12.7. The van der Waals surface area contributed by atoms with E-state index in [0.717, 1.165) is 11.1 Å². The van der Waals surface area contributed by atoms with Crippen LogP contribution in [0.1, 0.15) is 34.0 Å². The Morgan fingerprint density at radius 1 is 0.875 bits per heavy atom. The Labute approximate surface area is 236 Å². The molecule has 0 unspecified atom stereocenters. The summed E-state index contributed by atoms with van der Waals surface area (Å²) in [5, 5.41) is 15.2. The number of nitrogens with zero attached hydrogens (tertiary/aromatic N) is 2. The van der Waals surface area contributed by atoms with Crippen LogP contribution in [0, 0.1) is 10.1 Å². The highest BCUT2D eigenvalue weighted by Crippen LogP contribution is 2.29. The normalized spacial score (nSPS) is 10.8. The molecule has 1 N–H and O–H groups in total. The van der Waals surface area contributed by atoms with E-state index in [-0.39, 0.29) is 12.3 Å². The first kappa shape index (κ1) is 28.1. The molecule has 9 nitrogen and oxygen atoms in total. The first-order valence-corrected chi connectivity index (χ1v) is 12.7. The molecule has 0 saturated carbocycles. The van der Waals surface area contributed by atoms with Gasteiger partial charge in [0.05, 0.1) is 22.8 Å². The number of hydrogen-bond donors (Lipinski definition) is 1. The van der Waals surface area contributed by atoms with Crippen LogP contribution < -0.4 is 19.6 Å². The Morgan fingerprint density at radius 3 is 2.23 bits per heavy atom. The third-order valence-electron chi connectivity index (χ3n) is 5.62. The summed E-state index contributed by atoms with van der Waals surface area (Å²) in [6.07, 6.45) is 1.46. The van der Waals surface area contributed by atoms with E-state index in [9.17, 15) is 14.9 Å². The van der Waals surface area contributed by atoms with Crippen molar-refractivity contribution in [2.75, 3.05) is 6.61 Å². The molecular formula is C30H26ClN3O6. The molecule has 4 aromatic carbocycles. The van der Waals surface area contributed by atoms with Gasteiger partial charge in [0, 0.05) is 17.7 Å². The highest BCUT2D eigenvalue weighted by atomic mass is 35.5. The monoisotopic (exact) mass is 559 g/mol. The number of ether oxygens (including phenoxy) is 3. The van der Waals surface area contributed by atoms with Crippen LogP contribution in [-0.2, 0) is 13.2 Å². The van der Waals surface area contributed by atoms with E-state index >= 15 is 0 Å². The molecule has 204 valence electrons. The predicted octanol–water partition coefficient (Wildman–Crippen LogP) is 6.57. The lowest BCUT2D eigenvalue weighted by Crippen LogP contribution is -2.17. The smallest absolute Gasteiger partial charge is 0.271 e. The molecule has 0 aliphatic carbocycles. The molecule has 0 aliphatic rings. The number of hydrazone groups is 1. The van der Waals surface area contributed by atoms with Gasteiger partial charge in [-0.15, -0.1) is 0 Å². The van der Waals surface area contributed by atoms with Crippen LogP contribution in [0.25, 0.3) is 0 Å². The molecule has 4 rings (SSSR count). The number of non-ortho nitro benzene ring substituents is 1. The topological polar surface area (TPSA) is 112 Å². The standard InChI is InChI=1S/C30H26ClN3O6/c1-2-38-29-17-24(11-15-28(29)40-19-21-6-4-3-5-7-21)30(35)33-32-18-23-10-14-27(26(31)16-23)39-20-22-8-12-25(13-9-22)34(36)37/h3-18H,2,19-20H2,1H3,(H,33,35)/b32-18+. The molecule has 0 aliphatic heterocycles. The minimum absolute atomic E-state index is 0.0112. The van der Waals surface area contributed by atoms with Crippen LogP contribution >= 0.6 is 11.6 Å². The van der Waals surface area contributed by atoms with Gasteiger partial charge in [-0.25, -0.2) is 5.43 Å². The van der Waals surface area contributed by atoms with Crippen LogP contribution in [0.15, 0.2) is 96.1 Å². The summed E-state index contributed by atoms with van der Waals surface area (Å²) in [6, 6.07) is 25.9. The number of halogens is 1. The molecule has 0 aromatic heterocycles. The molecule has 0 radical (unpaired) electrons. The summed E-state index contributed by atoms with van der Waals surface area (Å²) in [5.74, 6) is 1.03. The zero-order chi connectivity index (χ0) is 28.3. The number of carbonyl (C=O) groups excluding carboxylic acids is 1. The van der Waals surface area contributed by atoms with Gasteiger partial charge < -0.3 is 14.2 Å². The van der Waals surface area contributed by atoms with Crippen LogP contribution in [0.4, 0.5) is 5.69 Å². The fraction of sp³-hybridized carbons (Fsp3) is 0.133. The van der Waals surface area contributed by atoms with Gasteiger partial charge >= 0.3 is 0 Å². The zero-order valence-corrected chi connectivity index (χ0v) is 22.3. The summed E-state index contributed by atoms with van der Waals surface area (Å²) in [4.78, 5) is 23.0. The van der Waals surface area contributed by atoms with Gasteiger partial charge in [0.15, 0.2) is 11.5 Å². The molecular weight excluding hydrogens is 534 g/mol. The van der Waals surface area contributed by atoms with Crippen molar-refractivity contribution in [3.05, 3.63) is 128 Å². The molecule has 4 aromatic rings. The van der Waals surface area contributed by atoms with Gasteiger partial charge in [-0.05, 0) is 72.1 Å².